The standard InChI is InChI=1S/C11H24N2/c1-3-11(2)10-12-6-9-13-7-4-5-8-13/h11-12H,3-10H2,1-2H3. The van der Waals surface area contributed by atoms with Crippen LogP contribution in [0.1, 0.15) is 33.1 Å². The molecular weight excluding hydrogens is 160 g/mol. The van der Waals surface area contributed by atoms with Gasteiger partial charge in [0.25, 0.3) is 0 Å². The van der Waals surface area contributed by atoms with Gasteiger partial charge in [0, 0.05) is 13.1 Å². The molecule has 0 saturated carbocycles. The molecule has 1 unspecified atom stereocenters. The number of hydrogen-bond acceptors (Lipinski definition) is 2. The van der Waals surface area contributed by atoms with E-state index in [4.69, 9.17) is 0 Å². The smallest absolute Gasteiger partial charge is 0.0107 e. The minimum absolute atomic E-state index is 0.832. The normalized spacial score (nSPS) is 20.8. The van der Waals surface area contributed by atoms with Crippen LogP contribution in [0.15, 0.2) is 0 Å². The van der Waals surface area contributed by atoms with Crippen molar-refractivity contribution in [2.45, 2.75) is 33.1 Å². The van der Waals surface area contributed by atoms with Crippen molar-refractivity contribution in [2.24, 2.45) is 5.92 Å². The first-order valence-electron chi connectivity index (χ1n) is 5.76. The van der Waals surface area contributed by atoms with Crippen molar-refractivity contribution in [3.63, 3.8) is 0 Å². The monoisotopic (exact) mass is 184 g/mol. The molecule has 0 amide bonds. The summed E-state index contributed by atoms with van der Waals surface area (Å²) in [5.41, 5.74) is 0. The Morgan fingerprint density at radius 3 is 2.62 bits per heavy atom. The van der Waals surface area contributed by atoms with Crippen LogP contribution in [0, 0.1) is 5.92 Å². The van der Waals surface area contributed by atoms with E-state index in [2.05, 4.69) is 24.1 Å². The number of nitrogens with one attached hydrogen (secondary N) is 1. The van der Waals surface area contributed by atoms with Gasteiger partial charge in [-0.05, 0) is 38.4 Å². The summed E-state index contributed by atoms with van der Waals surface area (Å²) in [6.45, 7) is 10.8. The van der Waals surface area contributed by atoms with E-state index in [-0.39, 0.29) is 0 Å². The first-order valence-corrected chi connectivity index (χ1v) is 5.76. The maximum Gasteiger partial charge on any atom is 0.0107 e. The van der Waals surface area contributed by atoms with Gasteiger partial charge in [-0.2, -0.15) is 0 Å². The Balaban J connectivity index is 1.88. The molecule has 0 radical (unpaired) electrons. The lowest BCUT2D eigenvalue weighted by atomic mass is 10.1. The molecule has 0 aliphatic carbocycles. The van der Waals surface area contributed by atoms with Crippen LogP contribution in [0.3, 0.4) is 0 Å². The SMILES string of the molecule is CCC(C)CNCCN1CCCC1. The molecule has 1 heterocycles. The number of nitrogens with zero attached hydrogens (tertiary/aromatic N) is 1. The van der Waals surface area contributed by atoms with Crippen LogP contribution in [0.5, 0.6) is 0 Å². The van der Waals surface area contributed by atoms with Crippen LogP contribution >= 0.6 is 0 Å². The van der Waals surface area contributed by atoms with E-state index in [1.165, 1.54) is 52.0 Å². The van der Waals surface area contributed by atoms with Crippen LogP contribution < -0.4 is 5.32 Å². The van der Waals surface area contributed by atoms with Crippen molar-refractivity contribution in [3.05, 3.63) is 0 Å². The van der Waals surface area contributed by atoms with Crippen LogP contribution in [-0.4, -0.2) is 37.6 Å². The van der Waals surface area contributed by atoms with Crippen molar-refractivity contribution in [1.82, 2.24) is 10.2 Å². The predicted octanol–water partition coefficient (Wildman–Crippen LogP) is 1.72. The molecule has 0 spiro atoms. The van der Waals surface area contributed by atoms with Crippen LogP contribution in [0.4, 0.5) is 0 Å². The summed E-state index contributed by atoms with van der Waals surface area (Å²) in [6, 6.07) is 0. The highest BCUT2D eigenvalue weighted by molar-refractivity contribution is 4.67. The maximum absolute atomic E-state index is 3.52. The molecule has 2 nitrogen and oxygen atoms in total. The van der Waals surface area contributed by atoms with Gasteiger partial charge >= 0.3 is 0 Å². The third kappa shape index (κ3) is 4.63. The molecule has 1 aliphatic rings. The van der Waals surface area contributed by atoms with Gasteiger partial charge in [-0.3, -0.25) is 0 Å². The lowest BCUT2D eigenvalue weighted by molar-refractivity contribution is 0.331. The third-order valence-corrected chi connectivity index (χ3v) is 2.99. The molecule has 1 N–H and O–H groups in total. The molecular formula is C11H24N2. The Hall–Kier alpha value is -0.0800. The summed E-state index contributed by atoms with van der Waals surface area (Å²) in [5, 5.41) is 3.52. The molecule has 1 aliphatic heterocycles. The molecule has 1 fully saturated rings. The quantitative estimate of drug-likeness (QED) is 0.632. The lowest BCUT2D eigenvalue weighted by Crippen LogP contribution is -2.32. The zero-order valence-corrected chi connectivity index (χ0v) is 9.18. The molecule has 78 valence electrons. The molecule has 0 aromatic rings. The zero-order valence-electron chi connectivity index (χ0n) is 9.18. The lowest BCUT2D eigenvalue weighted by Gasteiger charge is -2.16. The Kier molecular flexibility index (Phi) is 5.40. The minimum atomic E-state index is 0.832. The minimum Gasteiger partial charge on any atom is -0.315 e. The van der Waals surface area contributed by atoms with E-state index in [1.54, 1.807) is 0 Å². The van der Waals surface area contributed by atoms with E-state index >= 15 is 0 Å². The zero-order chi connectivity index (χ0) is 9.52. The second kappa shape index (κ2) is 6.39. The van der Waals surface area contributed by atoms with Crippen LogP contribution in [0.25, 0.3) is 0 Å². The second-order valence-electron chi connectivity index (χ2n) is 4.27. The summed E-state index contributed by atoms with van der Waals surface area (Å²) in [4.78, 5) is 2.56. The Morgan fingerprint density at radius 2 is 2.00 bits per heavy atom. The van der Waals surface area contributed by atoms with Crippen molar-refractivity contribution in [1.29, 1.82) is 0 Å². The van der Waals surface area contributed by atoms with E-state index < -0.39 is 0 Å². The van der Waals surface area contributed by atoms with E-state index in [1.807, 2.05) is 0 Å². The largest absolute Gasteiger partial charge is 0.315 e. The molecule has 1 saturated heterocycles. The predicted molar refractivity (Wildman–Crippen MR) is 58.0 cm³/mol. The molecule has 1 rings (SSSR count). The highest BCUT2D eigenvalue weighted by atomic mass is 15.1. The van der Waals surface area contributed by atoms with Crippen LogP contribution in [0.2, 0.25) is 0 Å². The molecule has 0 aromatic heterocycles. The van der Waals surface area contributed by atoms with E-state index in [0.717, 1.165) is 5.92 Å². The number of rotatable bonds is 6. The van der Waals surface area contributed by atoms with Gasteiger partial charge in [-0.15, -0.1) is 0 Å². The van der Waals surface area contributed by atoms with Crippen molar-refractivity contribution in [2.75, 3.05) is 32.7 Å². The fraction of sp³-hybridized carbons (Fsp3) is 1.00. The highest BCUT2D eigenvalue weighted by Crippen LogP contribution is 2.05. The summed E-state index contributed by atoms with van der Waals surface area (Å²) in [6.07, 6.45) is 4.10. The summed E-state index contributed by atoms with van der Waals surface area (Å²) >= 11 is 0. The molecule has 2 heteroatoms. The average molecular weight is 184 g/mol. The van der Waals surface area contributed by atoms with Gasteiger partial charge in [0.2, 0.25) is 0 Å². The maximum atomic E-state index is 3.52. The Labute approximate surface area is 82.7 Å². The van der Waals surface area contributed by atoms with Gasteiger partial charge in [-0.1, -0.05) is 20.3 Å². The second-order valence-corrected chi connectivity index (χ2v) is 4.27. The van der Waals surface area contributed by atoms with Crippen LogP contribution in [-0.2, 0) is 0 Å². The highest BCUT2D eigenvalue weighted by Gasteiger charge is 2.09. The molecule has 0 aromatic carbocycles. The number of likely N-dealkylation sites (tertiary alicyclic amines) is 1. The summed E-state index contributed by atoms with van der Waals surface area (Å²) in [5.74, 6) is 0.832. The average Bonchev–Trinajstić information content (AvgIpc) is 2.64. The fourth-order valence-electron chi connectivity index (χ4n) is 1.74. The van der Waals surface area contributed by atoms with E-state index in [0.29, 0.717) is 0 Å². The summed E-state index contributed by atoms with van der Waals surface area (Å²) in [7, 11) is 0. The molecule has 0 bridgehead atoms. The van der Waals surface area contributed by atoms with Gasteiger partial charge in [0.05, 0.1) is 0 Å². The first kappa shape index (κ1) is 11.0. The fourth-order valence-corrected chi connectivity index (χ4v) is 1.74. The topological polar surface area (TPSA) is 15.3 Å². The molecule has 13 heavy (non-hydrogen) atoms. The van der Waals surface area contributed by atoms with Gasteiger partial charge in [-0.25, -0.2) is 0 Å². The summed E-state index contributed by atoms with van der Waals surface area (Å²) < 4.78 is 0. The number of hydrogen-bond donors (Lipinski definition) is 1. The Morgan fingerprint density at radius 1 is 1.31 bits per heavy atom. The Bertz CT molecular complexity index is 119. The van der Waals surface area contributed by atoms with Crippen molar-refractivity contribution < 1.29 is 0 Å². The van der Waals surface area contributed by atoms with Crippen molar-refractivity contribution >= 4 is 0 Å². The molecule has 1 atom stereocenters. The van der Waals surface area contributed by atoms with Gasteiger partial charge in [0.1, 0.15) is 0 Å². The third-order valence-electron chi connectivity index (χ3n) is 2.99. The van der Waals surface area contributed by atoms with Gasteiger partial charge in [0.15, 0.2) is 0 Å². The van der Waals surface area contributed by atoms with Gasteiger partial charge < -0.3 is 10.2 Å². The van der Waals surface area contributed by atoms with E-state index in [9.17, 15) is 0 Å². The van der Waals surface area contributed by atoms with Crippen molar-refractivity contribution in [3.8, 4) is 0 Å². The first-order chi connectivity index (χ1) is 6.33.